The molecule has 0 bridgehead atoms. The molecule has 3 N–H and O–H groups in total. The Morgan fingerprint density at radius 1 is 1.65 bits per heavy atom. The molecule has 0 radical (unpaired) electrons. The number of nitrogens with zero attached hydrogens (tertiary/aromatic N) is 1. The standard InChI is InChI=1S/C11H15N3O2S/c1-2-7(15)5-12-6-9-13-8-3-4-17-10(8)11(16)14-9/h3-4,7,12,15H,2,5-6H2,1H3,(H,13,14,16). The van der Waals surface area contributed by atoms with Gasteiger partial charge >= 0.3 is 0 Å². The summed E-state index contributed by atoms with van der Waals surface area (Å²) in [5.41, 5.74) is 0.629. The summed E-state index contributed by atoms with van der Waals surface area (Å²) >= 11 is 1.39. The van der Waals surface area contributed by atoms with Gasteiger partial charge in [0, 0.05) is 6.54 Å². The number of H-pyrrole nitrogens is 1. The van der Waals surface area contributed by atoms with Crippen molar-refractivity contribution in [3.8, 4) is 0 Å². The second kappa shape index (κ2) is 5.39. The summed E-state index contributed by atoms with van der Waals surface area (Å²) in [4.78, 5) is 18.7. The topological polar surface area (TPSA) is 78.0 Å². The van der Waals surface area contributed by atoms with Crippen LogP contribution in [0.1, 0.15) is 19.2 Å². The fraction of sp³-hybridized carbons (Fsp3) is 0.455. The Balaban J connectivity index is 2.06. The third-order valence-corrected chi connectivity index (χ3v) is 3.41. The zero-order valence-electron chi connectivity index (χ0n) is 9.56. The Morgan fingerprint density at radius 2 is 2.47 bits per heavy atom. The second-order valence-electron chi connectivity index (χ2n) is 3.84. The number of hydrogen-bond donors (Lipinski definition) is 3. The van der Waals surface area contributed by atoms with Crippen molar-refractivity contribution < 1.29 is 5.11 Å². The van der Waals surface area contributed by atoms with E-state index in [2.05, 4.69) is 15.3 Å². The minimum atomic E-state index is -0.355. The first kappa shape index (κ1) is 12.2. The van der Waals surface area contributed by atoms with E-state index in [1.54, 1.807) is 0 Å². The van der Waals surface area contributed by atoms with Crippen LogP contribution in [0.15, 0.2) is 16.2 Å². The number of aliphatic hydroxyl groups excluding tert-OH is 1. The summed E-state index contributed by atoms with van der Waals surface area (Å²) in [6.45, 7) is 2.88. The van der Waals surface area contributed by atoms with Gasteiger partial charge in [-0.1, -0.05) is 6.92 Å². The molecule has 0 spiro atoms. The van der Waals surface area contributed by atoms with E-state index in [-0.39, 0.29) is 11.7 Å². The maximum atomic E-state index is 11.7. The lowest BCUT2D eigenvalue weighted by Gasteiger charge is -2.08. The van der Waals surface area contributed by atoms with Crippen molar-refractivity contribution in [1.29, 1.82) is 0 Å². The van der Waals surface area contributed by atoms with Gasteiger partial charge in [0.1, 0.15) is 10.5 Å². The Morgan fingerprint density at radius 3 is 3.24 bits per heavy atom. The lowest BCUT2D eigenvalue weighted by Crippen LogP contribution is -2.27. The van der Waals surface area contributed by atoms with E-state index in [1.165, 1.54) is 11.3 Å². The van der Waals surface area contributed by atoms with Gasteiger partial charge in [-0.15, -0.1) is 11.3 Å². The minimum Gasteiger partial charge on any atom is -0.392 e. The van der Waals surface area contributed by atoms with E-state index in [0.29, 0.717) is 30.0 Å². The van der Waals surface area contributed by atoms with Crippen LogP contribution in [0.5, 0.6) is 0 Å². The van der Waals surface area contributed by atoms with Crippen LogP contribution in [-0.4, -0.2) is 27.7 Å². The fourth-order valence-corrected chi connectivity index (χ4v) is 2.23. The number of nitrogens with one attached hydrogen (secondary N) is 2. The van der Waals surface area contributed by atoms with E-state index in [4.69, 9.17) is 0 Å². The number of aromatic amines is 1. The first-order valence-electron chi connectivity index (χ1n) is 5.56. The molecule has 2 aromatic heterocycles. The number of thiophene rings is 1. The largest absolute Gasteiger partial charge is 0.392 e. The van der Waals surface area contributed by atoms with Gasteiger partial charge < -0.3 is 15.4 Å². The maximum Gasteiger partial charge on any atom is 0.268 e. The number of fused-ring (bicyclic) bond motifs is 1. The molecule has 0 aliphatic heterocycles. The molecule has 0 aliphatic rings. The average molecular weight is 253 g/mol. The van der Waals surface area contributed by atoms with Gasteiger partial charge in [0.2, 0.25) is 0 Å². The van der Waals surface area contributed by atoms with Crippen LogP contribution < -0.4 is 10.9 Å². The molecular weight excluding hydrogens is 238 g/mol. The number of aliphatic hydroxyl groups is 1. The Bertz CT molecular complexity index is 549. The maximum absolute atomic E-state index is 11.7. The van der Waals surface area contributed by atoms with Crippen molar-refractivity contribution in [3.05, 3.63) is 27.6 Å². The van der Waals surface area contributed by atoms with Gasteiger partial charge in [0.15, 0.2) is 0 Å². The molecule has 2 rings (SSSR count). The third-order valence-electron chi connectivity index (χ3n) is 2.51. The van der Waals surface area contributed by atoms with E-state index in [0.717, 1.165) is 5.52 Å². The van der Waals surface area contributed by atoms with Crippen molar-refractivity contribution in [2.24, 2.45) is 0 Å². The quantitative estimate of drug-likeness (QED) is 0.738. The lowest BCUT2D eigenvalue weighted by molar-refractivity contribution is 0.167. The summed E-state index contributed by atoms with van der Waals surface area (Å²) in [6.07, 6.45) is 0.354. The van der Waals surface area contributed by atoms with E-state index >= 15 is 0 Å². The number of hydrogen-bond acceptors (Lipinski definition) is 5. The molecular formula is C11H15N3O2S. The summed E-state index contributed by atoms with van der Waals surface area (Å²) in [5.74, 6) is 0.601. The Hall–Kier alpha value is -1.24. The monoisotopic (exact) mass is 253 g/mol. The minimum absolute atomic E-state index is 0.0992. The molecule has 0 saturated heterocycles. The van der Waals surface area contributed by atoms with Gasteiger partial charge in [0.05, 0.1) is 18.2 Å². The van der Waals surface area contributed by atoms with E-state index in [9.17, 15) is 9.90 Å². The van der Waals surface area contributed by atoms with E-state index < -0.39 is 0 Å². The smallest absolute Gasteiger partial charge is 0.268 e. The third kappa shape index (κ3) is 2.91. The summed E-state index contributed by atoms with van der Waals surface area (Å²) in [6, 6.07) is 1.83. The second-order valence-corrected chi connectivity index (χ2v) is 4.76. The van der Waals surface area contributed by atoms with Gasteiger partial charge in [-0.2, -0.15) is 0 Å². The predicted molar refractivity (Wildman–Crippen MR) is 68.2 cm³/mol. The SMILES string of the molecule is CCC(O)CNCc1nc2ccsc2c(=O)[nH]1. The average Bonchev–Trinajstić information content (AvgIpc) is 2.77. The molecule has 0 amide bonds. The summed E-state index contributed by atoms with van der Waals surface area (Å²) < 4.78 is 0.655. The molecule has 5 nitrogen and oxygen atoms in total. The molecule has 0 saturated carbocycles. The molecule has 1 unspecified atom stereocenters. The van der Waals surface area contributed by atoms with Gasteiger partial charge in [-0.3, -0.25) is 4.79 Å². The first-order chi connectivity index (χ1) is 8.20. The zero-order chi connectivity index (χ0) is 12.3. The highest BCUT2D eigenvalue weighted by atomic mass is 32.1. The highest BCUT2D eigenvalue weighted by Gasteiger charge is 2.05. The zero-order valence-corrected chi connectivity index (χ0v) is 10.4. The summed E-state index contributed by atoms with van der Waals surface area (Å²) in [5, 5.41) is 14.3. The fourth-order valence-electron chi connectivity index (χ4n) is 1.51. The highest BCUT2D eigenvalue weighted by molar-refractivity contribution is 7.17. The number of aromatic nitrogens is 2. The molecule has 0 aromatic carbocycles. The van der Waals surface area contributed by atoms with Crippen molar-refractivity contribution in [1.82, 2.24) is 15.3 Å². The van der Waals surface area contributed by atoms with Crippen LogP contribution in [0.25, 0.3) is 10.2 Å². The normalized spacial score (nSPS) is 13.1. The molecule has 0 fully saturated rings. The van der Waals surface area contributed by atoms with Crippen LogP contribution in [0.2, 0.25) is 0 Å². The van der Waals surface area contributed by atoms with Crippen LogP contribution in [0.4, 0.5) is 0 Å². The molecule has 17 heavy (non-hydrogen) atoms. The molecule has 2 heterocycles. The van der Waals surface area contributed by atoms with Crippen molar-refractivity contribution in [2.75, 3.05) is 6.54 Å². The number of rotatable bonds is 5. The molecule has 0 aliphatic carbocycles. The van der Waals surface area contributed by atoms with Crippen LogP contribution >= 0.6 is 11.3 Å². The Labute approximate surface area is 103 Å². The van der Waals surface area contributed by atoms with Crippen molar-refractivity contribution in [2.45, 2.75) is 26.0 Å². The van der Waals surface area contributed by atoms with Crippen LogP contribution in [-0.2, 0) is 6.54 Å². The van der Waals surface area contributed by atoms with Crippen molar-refractivity contribution in [3.63, 3.8) is 0 Å². The van der Waals surface area contributed by atoms with Gasteiger partial charge in [-0.25, -0.2) is 4.98 Å². The predicted octanol–water partition coefficient (Wildman–Crippen LogP) is 0.845. The molecule has 1 atom stereocenters. The Kier molecular flexibility index (Phi) is 3.88. The first-order valence-corrected chi connectivity index (χ1v) is 6.44. The molecule has 92 valence electrons. The lowest BCUT2D eigenvalue weighted by atomic mass is 10.3. The van der Waals surface area contributed by atoms with Crippen molar-refractivity contribution >= 4 is 21.6 Å². The van der Waals surface area contributed by atoms with Crippen LogP contribution in [0, 0.1) is 0 Å². The van der Waals surface area contributed by atoms with Gasteiger partial charge in [0.25, 0.3) is 5.56 Å². The van der Waals surface area contributed by atoms with Crippen LogP contribution in [0.3, 0.4) is 0 Å². The highest BCUT2D eigenvalue weighted by Crippen LogP contribution is 2.13. The molecule has 2 aromatic rings. The molecule has 6 heteroatoms. The van der Waals surface area contributed by atoms with E-state index in [1.807, 2.05) is 18.4 Å². The summed E-state index contributed by atoms with van der Waals surface area (Å²) in [7, 11) is 0. The van der Waals surface area contributed by atoms with Gasteiger partial charge in [-0.05, 0) is 17.9 Å².